The molecule has 0 spiro atoms. The third kappa shape index (κ3) is 6.17. The summed E-state index contributed by atoms with van der Waals surface area (Å²) < 4.78 is 5.20. The second-order valence-corrected chi connectivity index (χ2v) is 7.50. The number of carbonyl (C=O) groups excluding carboxylic acids is 2. The van der Waals surface area contributed by atoms with E-state index in [1.165, 1.54) is 0 Å². The van der Waals surface area contributed by atoms with Crippen LogP contribution in [0.25, 0.3) is 0 Å². The Hall–Kier alpha value is -3.64. The van der Waals surface area contributed by atoms with Crippen LogP contribution in [0.5, 0.6) is 5.75 Å². The fourth-order valence-electron chi connectivity index (χ4n) is 3.42. The molecule has 0 heterocycles. The van der Waals surface area contributed by atoms with E-state index in [1.807, 2.05) is 80.7 Å². The quantitative estimate of drug-likeness (QED) is 0.527. The summed E-state index contributed by atoms with van der Waals surface area (Å²) in [4.78, 5) is 26.6. The van der Waals surface area contributed by atoms with Crippen molar-refractivity contribution in [2.75, 3.05) is 31.3 Å². The molecule has 3 aromatic rings. The molecule has 1 unspecified atom stereocenters. The minimum Gasteiger partial charge on any atom is -0.497 e. The number of nitrogens with one attached hydrogen (secondary N) is 3. The summed E-state index contributed by atoms with van der Waals surface area (Å²) in [6, 6.07) is 23.8. The van der Waals surface area contributed by atoms with E-state index < -0.39 is 6.04 Å². The lowest BCUT2D eigenvalue weighted by Gasteiger charge is -2.24. The highest BCUT2D eigenvalue weighted by Gasteiger charge is 2.30. The highest BCUT2D eigenvalue weighted by Crippen LogP contribution is 2.17. The van der Waals surface area contributed by atoms with Gasteiger partial charge in [-0.2, -0.15) is 0 Å². The third-order valence-electron chi connectivity index (χ3n) is 5.00. The molecule has 0 bridgehead atoms. The van der Waals surface area contributed by atoms with Crippen molar-refractivity contribution in [1.82, 2.24) is 0 Å². The smallest absolute Gasteiger partial charge is 0.287 e. The zero-order valence-electron chi connectivity index (χ0n) is 18.0. The predicted octanol–water partition coefficient (Wildman–Crippen LogP) is 2.84. The average molecular weight is 419 g/mol. The summed E-state index contributed by atoms with van der Waals surface area (Å²) in [5, 5.41) is 5.86. The fourth-order valence-corrected chi connectivity index (χ4v) is 3.42. The van der Waals surface area contributed by atoms with Gasteiger partial charge >= 0.3 is 0 Å². The predicted molar refractivity (Wildman–Crippen MR) is 122 cm³/mol. The van der Waals surface area contributed by atoms with E-state index in [0.717, 1.165) is 21.7 Å². The second kappa shape index (κ2) is 10.4. The van der Waals surface area contributed by atoms with Gasteiger partial charge in [-0.3, -0.25) is 9.59 Å². The van der Waals surface area contributed by atoms with Gasteiger partial charge in [-0.25, -0.2) is 0 Å². The molecular weight excluding hydrogens is 390 g/mol. The van der Waals surface area contributed by atoms with Crippen molar-refractivity contribution in [3.8, 4) is 5.75 Å². The van der Waals surface area contributed by atoms with Gasteiger partial charge < -0.3 is 20.3 Å². The van der Waals surface area contributed by atoms with E-state index in [-0.39, 0.29) is 18.4 Å². The molecule has 3 rings (SSSR count). The van der Waals surface area contributed by atoms with Crippen molar-refractivity contribution in [2.24, 2.45) is 0 Å². The number of quaternary nitrogens is 1. The summed E-state index contributed by atoms with van der Waals surface area (Å²) >= 11 is 0. The molecule has 3 N–H and O–H groups in total. The van der Waals surface area contributed by atoms with Gasteiger partial charge in [-0.1, -0.05) is 54.1 Å². The van der Waals surface area contributed by atoms with Crippen molar-refractivity contribution < 1.29 is 19.2 Å². The Balaban J connectivity index is 1.74. The molecule has 0 aliphatic carbocycles. The zero-order valence-corrected chi connectivity index (χ0v) is 18.0. The van der Waals surface area contributed by atoms with Crippen molar-refractivity contribution >= 4 is 23.2 Å². The lowest BCUT2D eigenvalue weighted by Crippen LogP contribution is -3.11. The van der Waals surface area contributed by atoms with E-state index in [1.54, 1.807) is 19.2 Å². The molecule has 31 heavy (non-hydrogen) atoms. The molecule has 2 atom stereocenters. The van der Waals surface area contributed by atoms with Gasteiger partial charge in [0.25, 0.3) is 11.8 Å². The lowest BCUT2D eigenvalue weighted by atomic mass is 10.0. The van der Waals surface area contributed by atoms with E-state index >= 15 is 0 Å². The van der Waals surface area contributed by atoms with E-state index in [0.29, 0.717) is 11.4 Å². The van der Waals surface area contributed by atoms with E-state index in [4.69, 9.17) is 4.74 Å². The summed E-state index contributed by atoms with van der Waals surface area (Å²) in [6.07, 6.45) is 0. The maximum Gasteiger partial charge on any atom is 0.287 e. The first kappa shape index (κ1) is 22.1. The maximum absolute atomic E-state index is 13.2. The topological polar surface area (TPSA) is 71.9 Å². The third-order valence-corrected chi connectivity index (χ3v) is 5.00. The normalized spacial score (nSPS) is 12.5. The highest BCUT2D eigenvalue weighted by molar-refractivity contribution is 5.95. The number of benzene rings is 3. The first-order chi connectivity index (χ1) is 15.0. The molecular formula is C25H28N3O3+. The number of anilines is 2. The number of rotatable bonds is 8. The Morgan fingerprint density at radius 3 is 2.29 bits per heavy atom. The zero-order chi connectivity index (χ0) is 22.2. The monoisotopic (exact) mass is 418 g/mol. The number of hydrogen-bond acceptors (Lipinski definition) is 3. The molecule has 0 aromatic heterocycles. The van der Waals surface area contributed by atoms with Gasteiger partial charge in [0.2, 0.25) is 0 Å². The van der Waals surface area contributed by atoms with Crippen LogP contribution in [-0.2, 0) is 9.59 Å². The number of aryl methyl sites for hydroxylation is 1. The number of hydrogen-bond donors (Lipinski definition) is 3. The molecule has 3 aromatic carbocycles. The molecule has 0 fully saturated rings. The van der Waals surface area contributed by atoms with E-state index in [2.05, 4.69) is 10.6 Å². The number of likely N-dealkylation sites (N-methyl/N-ethyl adjacent to an activating group) is 1. The Kier molecular flexibility index (Phi) is 7.40. The Labute approximate surface area is 182 Å². The van der Waals surface area contributed by atoms with Crippen LogP contribution in [0.15, 0.2) is 78.9 Å². The summed E-state index contributed by atoms with van der Waals surface area (Å²) in [6.45, 7) is 2.12. The maximum atomic E-state index is 13.2. The number of ether oxygens (including phenoxy) is 1. The van der Waals surface area contributed by atoms with Crippen LogP contribution >= 0.6 is 0 Å². The van der Waals surface area contributed by atoms with Crippen molar-refractivity contribution in [2.45, 2.75) is 13.0 Å². The molecule has 0 saturated carbocycles. The van der Waals surface area contributed by atoms with Crippen LogP contribution in [0.3, 0.4) is 0 Å². The number of methoxy groups -OCH3 is 1. The molecule has 160 valence electrons. The molecule has 0 aliphatic heterocycles. The first-order valence-electron chi connectivity index (χ1n) is 10.1. The summed E-state index contributed by atoms with van der Waals surface area (Å²) in [5.74, 6) is 0.315. The first-order valence-corrected chi connectivity index (χ1v) is 10.1. The van der Waals surface area contributed by atoms with Crippen LogP contribution in [-0.4, -0.2) is 32.5 Å². The highest BCUT2D eigenvalue weighted by atomic mass is 16.5. The van der Waals surface area contributed by atoms with Crippen LogP contribution in [0.4, 0.5) is 11.4 Å². The molecule has 6 nitrogen and oxygen atoms in total. The van der Waals surface area contributed by atoms with Crippen LogP contribution in [0.1, 0.15) is 17.2 Å². The Bertz CT molecular complexity index is 1020. The van der Waals surface area contributed by atoms with Crippen molar-refractivity contribution in [1.29, 1.82) is 0 Å². The van der Waals surface area contributed by atoms with Gasteiger partial charge in [0.05, 0.1) is 14.2 Å². The molecule has 0 aliphatic rings. The van der Waals surface area contributed by atoms with Gasteiger partial charge in [-0.05, 0) is 31.2 Å². The molecule has 6 heteroatoms. The number of amides is 2. The minimum atomic E-state index is -0.543. The Morgan fingerprint density at radius 2 is 1.61 bits per heavy atom. The summed E-state index contributed by atoms with van der Waals surface area (Å²) in [5.41, 5.74) is 3.34. The van der Waals surface area contributed by atoms with Gasteiger partial charge in [0, 0.05) is 23.0 Å². The van der Waals surface area contributed by atoms with Gasteiger partial charge in [0.1, 0.15) is 5.75 Å². The molecule has 0 saturated heterocycles. The second-order valence-electron chi connectivity index (χ2n) is 7.50. The van der Waals surface area contributed by atoms with Crippen molar-refractivity contribution in [3.05, 3.63) is 90.0 Å². The van der Waals surface area contributed by atoms with Gasteiger partial charge in [-0.15, -0.1) is 0 Å². The number of carbonyl (C=O) groups is 2. The molecule has 0 radical (unpaired) electrons. The molecule has 2 amide bonds. The largest absolute Gasteiger partial charge is 0.497 e. The van der Waals surface area contributed by atoms with Crippen molar-refractivity contribution in [3.63, 3.8) is 0 Å². The summed E-state index contributed by atoms with van der Waals surface area (Å²) in [7, 11) is 3.42. The van der Waals surface area contributed by atoms with E-state index in [9.17, 15) is 9.59 Å². The van der Waals surface area contributed by atoms with Gasteiger partial charge in [0.15, 0.2) is 12.6 Å². The standard InChI is InChI=1S/C25H27N3O3/c1-18-12-14-20(15-13-18)27-25(30)24(19-8-5-4-6-9-19)28(2)17-23(29)26-21-10-7-11-22(16-21)31-3/h4-16,24H,17H2,1-3H3,(H,26,29)(H,27,30)/p+1/t24-/m0/s1. The van der Waals surface area contributed by atoms with Crippen LogP contribution < -0.4 is 20.3 Å². The van der Waals surface area contributed by atoms with Crippen LogP contribution in [0.2, 0.25) is 0 Å². The Morgan fingerprint density at radius 1 is 0.903 bits per heavy atom. The minimum absolute atomic E-state index is 0.123. The van der Waals surface area contributed by atoms with Crippen LogP contribution in [0, 0.1) is 6.92 Å². The lowest BCUT2D eigenvalue weighted by molar-refractivity contribution is -0.893. The average Bonchev–Trinajstić information content (AvgIpc) is 2.76. The SMILES string of the molecule is COc1cccc(NC(=O)C[NH+](C)[C@H](C(=O)Nc2ccc(C)cc2)c2ccccc2)c1. The fraction of sp³-hybridized carbons (Fsp3) is 0.200.